The number of fused-ring (bicyclic) bond motifs is 3. The maximum absolute atomic E-state index is 6.40. The van der Waals surface area contributed by atoms with E-state index in [0.29, 0.717) is 21.9 Å². The third kappa shape index (κ3) is 2.57. The van der Waals surface area contributed by atoms with E-state index in [1.165, 1.54) is 0 Å². The van der Waals surface area contributed by atoms with Crippen LogP contribution in [0.15, 0.2) is 47.5 Å². The predicted molar refractivity (Wildman–Crippen MR) is 99.8 cm³/mol. The van der Waals surface area contributed by atoms with Crippen LogP contribution in [0.2, 0.25) is 10.0 Å². The van der Waals surface area contributed by atoms with Crippen molar-refractivity contribution >= 4 is 44.8 Å². The zero-order valence-electron chi connectivity index (χ0n) is 12.4. The van der Waals surface area contributed by atoms with Gasteiger partial charge in [0, 0.05) is 21.2 Å². The molecule has 4 nitrogen and oxygen atoms in total. The van der Waals surface area contributed by atoms with Crippen LogP contribution in [-0.4, -0.2) is 20.5 Å². The van der Waals surface area contributed by atoms with Crippen molar-refractivity contribution in [2.45, 2.75) is 11.9 Å². The average Bonchev–Trinajstić information content (AvgIpc) is 2.93. The van der Waals surface area contributed by atoms with Gasteiger partial charge in [-0.1, -0.05) is 57.3 Å². The lowest BCUT2D eigenvalue weighted by atomic mass is 10.0. The maximum atomic E-state index is 6.40. The molecule has 0 bridgehead atoms. The Morgan fingerprint density at radius 2 is 1.88 bits per heavy atom. The van der Waals surface area contributed by atoms with Crippen LogP contribution in [0.4, 0.5) is 0 Å². The summed E-state index contributed by atoms with van der Waals surface area (Å²) in [5.41, 5.74) is 3.55. The summed E-state index contributed by atoms with van der Waals surface area (Å²) in [5.74, 6) is 1.61. The molecule has 0 N–H and O–H groups in total. The first-order valence-electron chi connectivity index (χ1n) is 7.28. The van der Waals surface area contributed by atoms with Crippen LogP contribution in [-0.2, 0) is 11.9 Å². The molecular formula is C17H11BrCl2N4. The number of benzene rings is 2. The number of aromatic nitrogens is 3. The first kappa shape index (κ1) is 15.8. The van der Waals surface area contributed by atoms with E-state index in [9.17, 15) is 0 Å². The van der Waals surface area contributed by atoms with Gasteiger partial charge in [-0.2, -0.15) is 0 Å². The van der Waals surface area contributed by atoms with Crippen molar-refractivity contribution < 1.29 is 0 Å². The summed E-state index contributed by atoms with van der Waals surface area (Å²) in [7, 11) is 0. The topological polar surface area (TPSA) is 43.1 Å². The average molecular weight is 422 g/mol. The smallest absolute Gasteiger partial charge is 0.159 e. The molecule has 0 spiro atoms. The Balaban J connectivity index is 2.01. The van der Waals surface area contributed by atoms with Crippen LogP contribution in [0.25, 0.3) is 5.69 Å². The molecule has 0 amide bonds. The van der Waals surface area contributed by atoms with Crippen molar-refractivity contribution in [3.63, 3.8) is 0 Å². The Morgan fingerprint density at radius 1 is 1.04 bits per heavy atom. The first-order valence-corrected chi connectivity index (χ1v) is 9.15. The van der Waals surface area contributed by atoms with E-state index < -0.39 is 0 Å². The molecule has 2 heterocycles. The zero-order valence-corrected chi connectivity index (χ0v) is 15.5. The molecule has 1 aliphatic rings. The second kappa shape index (κ2) is 6.31. The van der Waals surface area contributed by atoms with Crippen molar-refractivity contribution in [3.05, 3.63) is 75.3 Å². The molecular weight excluding hydrogens is 411 g/mol. The SMILES string of the molecule is Clc1ccc2c(c1)C(c1ccccc1Cl)=NCc1nnc(CBr)n1-2. The predicted octanol–water partition coefficient (Wildman–Crippen LogP) is 4.82. The summed E-state index contributed by atoms with van der Waals surface area (Å²) in [6.45, 7) is 0.423. The molecule has 0 saturated heterocycles. The second-order valence-electron chi connectivity index (χ2n) is 5.31. The van der Waals surface area contributed by atoms with Crippen molar-refractivity contribution in [2.75, 3.05) is 0 Å². The molecule has 0 radical (unpaired) electrons. The van der Waals surface area contributed by atoms with Gasteiger partial charge in [-0.05, 0) is 24.3 Å². The Kier molecular flexibility index (Phi) is 4.16. The summed E-state index contributed by atoms with van der Waals surface area (Å²) < 4.78 is 2.02. The van der Waals surface area contributed by atoms with E-state index in [1.807, 2.05) is 47.0 Å². The van der Waals surface area contributed by atoms with Crippen LogP contribution >= 0.6 is 39.1 Å². The highest BCUT2D eigenvalue weighted by Gasteiger charge is 2.23. The lowest BCUT2D eigenvalue weighted by Gasteiger charge is -2.14. The van der Waals surface area contributed by atoms with Crippen LogP contribution in [0, 0.1) is 0 Å². The highest BCUT2D eigenvalue weighted by Crippen LogP contribution is 2.30. The van der Waals surface area contributed by atoms with E-state index in [0.717, 1.165) is 34.2 Å². The third-order valence-corrected chi connectivity index (χ3v) is 4.95. The number of alkyl halides is 1. The number of hydrogen-bond acceptors (Lipinski definition) is 3. The summed E-state index contributed by atoms with van der Waals surface area (Å²) in [6, 6.07) is 13.4. The monoisotopic (exact) mass is 420 g/mol. The number of nitrogens with zero attached hydrogens (tertiary/aromatic N) is 4. The fourth-order valence-corrected chi connectivity index (χ4v) is 3.59. The van der Waals surface area contributed by atoms with Gasteiger partial charge in [-0.25, -0.2) is 0 Å². The Bertz CT molecular complexity index is 965. The van der Waals surface area contributed by atoms with Gasteiger partial charge in [0.25, 0.3) is 0 Å². The summed E-state index contributed by atoms with van der Waals surface area (Å²) in [4.78, 5) is 4.76. The van der Waals surface area contributed by atoms with E-state index in [2.05, 4.69) is 26.1 Å². The van der Waals surface area contributed by atoms with E-state index >= 15 is 0 Å². The van der Waals surface area contributed by atoms with Gasteiger partial charge in [0.1, 0.15) is 12.4 Å². The fraction of sp³-hybridized carbons (Fsp3) is 0.118. The molecule has 4 rings (SSSR count). The number of hydrogen-bond donors (Lipinski definition) is 0. The minimum atomic E-state index is 0.423. The Hall–Kier alpha value is -1.69. The van der Waals surface area contributed by atoms with Crippen LogP contribution in [0.1, 0.15) is 22.8 Å². The normalized spacial score (nSPS) is 13.0. The number of halogens is 3. The molecule has 1 aromatic heterocycles. The molecule has 24 heavy (non-hydrogen) atoms. The molecule has 0 unspecified atom stereocenters. The molecule has 3 aromatic rings. The maximum Gasteiger partial charge on any atom is 0.159 e. The van der Waals surface area contributed by atoms with Crippen molar-refractivity contribution in [1.29, 1.82) is 0 Å². The number of rotatable bonds is 2. The van der Waals surface area contributed by atoms with Crippen LogP contribution in [0.3, 0.4) is 0 Å². The van der Waals surface area contributed by atoms with Gasteiger partial charge in [0.05, 0.1) is 16.7 Å². The van der Waals surface area contributed by atoms with Crippen molar-refractivity contribution in [3.8, 4) is 5.69 Å². The highest BCUT2D eigenvalue weighted by molar-refractivity contribution is 9.08. The molecule has 0 fully saturated rings. The molecule has 120 valence electrons. The van der Waals surface area contributed by atoms with Crippen LogP contribution < -0.4 is 0 Å². The lowest BCUT2D eigenvalue weighted by molar-refractivity contribution is 0.860. The van der Waals surface area contributed by atoms with Crippen molar-refractivity contribution in [2.24, 2.45) is 4.99 Å². The molecule has 2 aromatic carbocycles. The van der Waals surface area contributed by atoms with Crippen LogP contribution in [0.5, 0.6) is 0 Å². The first-order chi connectivity index (χ1) is 11.7. The standard InChI is InChI=1S/C17H11BrCl2N4/c18-8-15-22-23-16-9-21-17(11-3-1-2-4-13(11)20)12-7-10(19)5-6-14(12)24(15)16/h1-7H,8-9H2. The largest absolute Gasteiger partial charge is 0.280 e. The van der Waals surface area contributed by atoms with Crippen molar-refractivity contribution in [1.82, 2.24) is 14.8 Å². The minimum absolute atomic E-state index is 0.423. The summed E-state index contributed by atoms with van der Waals surface area (Å²) >= 11 is 16.1. The zero-order chi connectivity index (χ0) is 16.7. The summed E-state index contributed by atoms with van der Waals surface area (Å²) in [5, 5.41) is 10.4. The van der Waals surface area contributed by atoms with Gasteiger partial charge in [-0.15, -0.1) is 10.2 Å². The molecule has 1 aliphatic heterocycles. The minimum Gasteiger partial charge on any atom is -0.280 e. The van der Waals surface area contributed by atoms with Gasteiger partial charge in [0.15, 0.2) is 5.82 Å². The Labute approximate surface area is 157 Å². The molecule has 0 aliphatic carbocycles. The van der Waals surface area contributed by atoms with Gasteiger partial charge in [0.2, 0.25) is 0 Å². The third-order valence-electron chi connectivity index (χ3n) is 3.88. The van der Waals surface area contributed by atoms with E-state index in [1.54, 1.807) is 0 Å². The quantitative estimate of drug-likeness (QED) is 0.556. The van der Waals surface area contributed by atoms with Gasteiger partial charge >= 0.3 is 0 Å². The Morgan fingerprint density at radius 3 is 2.67 bits per heavy atom. The molecule has 0 atom stereocenters. The van der Waals surface area contributed by atoms with Gasteiger partial charge in [-0.3, -0.25) is 9.56 Å². The fourth-order valence-electron chi connectivity index (χ4n) is 2.83. The molecule has 0 saturated carbocycles. The second-order valence-corrected chi connectivity index (χ2v) is 6.71. The van der Waals surface area contributed by atoms with E-state index in [4.69, 9.17) is 28.2 Å². The highest BCUT2D eigenvalue weighted by atomic mass is 79.9. The van der Waals surface area contributed by atoms with Gasteiger partial charge < -0.3 is 0 Å². The summed E-state index contributed by atoms with van der Waals surface area (Å²) in [6.07, 6.45) is 0. The number of aliphatic imine (C=N–C) groups is 1. The van der Waals surface area contributed by atoms with E-state index in [-0.39, 0.29) is 0 Å². The lowest BCUT2D eigenvalue weighted by Crippen LogP contribution is -2.09. The molecule has 7 heteroatoms.